The first-order chi connectivity index (χ1) is 9.65. The molecule has 0 saturated heterocycles. The Kier molecular flexibility index (Phi) is 7.71. The number of allylic oxidation sites excluding steroid dienone is 1. The lowest BCUT2D eigenvalue weighted by molar-refractivity contribution is 0.0497. The summed E-state index contributed by atoms with van der Waals surface area (Å²) in [4.78, 5) is 11.8. The summed E-state index contributed by atoms with van der Waals surface area (Å²) in [6.07, 6.45) is 7.18. The molecule has 0 spiro atoms. The van der Waals surface area contributed by atoms with Gasteiger partial charge in [0.1, 0.15) is 0 Å². The summed E-state index contributed by atoms with van der Waals surface area (Å²) in [7, 11) is 0. The fraction of sp³-hybridized carbons (Fsp3) is 0.500. The summed E-state index contributed by atoms with van der Waals surface area (Å²) >= 11 is 0. The lowest BCUT2D eigenvalue weighted by Gasteiger charge is -2.06. The number of unbranched alkanes of at least 4 members (excludes halogenated alkanes) is 5. The monoisotopic (exact) mass is 274 g/mol. The molecule has 0 amide bonds. The van der Waals surface area contributed by atoms with Gasteiger partial charge in [0, 0.05) is 0 Å². The summed E-state index contributed by atoms with van der Waals surface area (Å²) in [5.41, 5.74) is 2.66. The highest BCUT2D eigenvalue weighted by Crippen LogP contribution is 2.13. The van der Waals surface area contributed by atoms with Gasteiger partial charge in [0.15, 0.2) is 0 Å². The lowest BCUT2D eigenvalue weighted by atomic mass is 10.1. The zero-order chi connectivity index (χ0) is 14.8. The number of carbonyl (C=O) groups is 1. The average molecular weight is 274 g/mol. The second-order valence-corrected chi connectivity index (χ2v) is 5.26. The highest BCUT2D eigenvalue weighted by atomic mass is 16.5. The van der Waals surface area contributed by atoms with E-state index >= 15 is 0 Å². The predicted molar refractivity (Wildman–Crippen MR) is 84.8 cm³/mol. The van der Waals surface area contributed by atoms with Gasteiger partial charge in [-0.25, -0.2) is 4.79 Å². The number of hydrogen-bond donors (Lipinski definition) is 0. The van der Waals surface area contributed by atoms with Crippen LogP contribution in [0.1, 0.15) is 68.3 Å². The molecule has 0 aromatic heterocycles. The Hall–Kier alpha value is -1.57. The molecule has 0 fully saturated rings. The number of benzene rings is 1. The molecule has 0 aliphatic carbocycles. The molecule has 1 aromatic rings. The van der Waals surface area contributed by atoms with Crippen LogP contribution in [0, 0.1) is 0 Å². The SMILES string of the molecule is C=C(C)c1ccc(C(=O)OCCCCCCCC)cc1. The maximum Gasteiger partial charge on any atom is 0.338 e. The van der Waals surface area contributed by atoms with Crippen LogP contribution < -0.4 is 0 Å². The maximum absolute atomic E-state index is 11.8. The minimum absolute atomic E-state index is 0.230. The van der Waals surface area contributed by atoms with E-state index in [0.29, 0.717) is 12.2 Å². The quantitative estimate of drug-likeness (QED) is 0.455. The molecule has 20 heavy (non-hydrogen) atoms. The first kappa shape index (κ1) is 16.5. The molecule has 1 aromatic carbocycles. The molecule has 0 atom stereocenters. The van der Waals surface area contributed by atoms with Crippen LogP contribution in [-0.4, -0.2) is 12.6 Å². The number of esters is 1. The van der Waals surface area contributed by atoms with Crippen molar-refractivity contribution in [1.29, 1.82) is 0 Å². The van der Waals surface area contributed by atoms with Crippen molar-refractivity contribution in [3.05, 3.63) is 42.0 Å². The zero-order valence-electron chi connectivity index (χ0n) is 12.8. The van der Waals surface area contributed by atoms with E-state index in [-0.39, 0.29) is 5.97 Å². The van der Waals surface area contributed by atoms with E-state index < -0.39 is 0 Å². The molecule has 0 N–H and O–H groups in total. The van der Waals surface area contributed by atoms with Gasteiger partial charge in [-0.1, -0.05) is 63.3 Å². The van der Waals surface area contributed by atoms with Crippen molar-refractivity contribution in [2.24, 2.45) is 0 Å². The highest BCUT2D eigenvalue weighted by Gasteiger charge is 2.06. The number of ether oxygens (including phenoxy) is 1. The zero-order valence-corrected chi connectivity index (χ0v) is 12.8. The minimum Gasteiger partial charge on any atom is -0.462 e. The van der Waals surface area contributed by atoms with Crippen molar-refractivity contribution in [3.63, 3.8) is 0 Å². The molecule has 0 aliphatic rings. The largest absolute Gasteiger partial charge is 0.462 e. The summed E-state index contributed by atoms with van der Waals surface area (Å²) in [6.45, 7) is 8.56. The van der Waals surface area contributed by atoms with Crippen LogP contribution >= 0.6 is 0 Å². The number of carbonyl (C=O) groups excluding carboxylic acids is 1. The number of rotatable bonds is 9. The van der Waals surface area contributed by atoms with E-state index in [2.05, 4.69) is 13.5 Å². The summed E-state index contributed by atoms with van der Waals surface area (Å²) in [5.74, 6) is -0.230. The second-order valence-electron chi connectivity index (χ2n) is 5.26. The molecule has 0 aliphatic heterocycles. The summed E-state index contributed by atoms with van der Waals surface area (Å²) in [6, 6.07) is 7.41. The van der Waals surface area contributed by atoms with Crippen LogP contribution in [-0.2, 0) is 4.74 Å². The van der Waals surface area contributed by atoms with E-state index in [1.807, 2.05) is 19.1 Å². The van der Waals surface area contributed by atoms with Gasteiger partial charge in [-0.05, 0) is 31.0 Å². The molecule has 2 nitrogen and oxygen atoms in total. The molecular weight excluding hydrogens is 248 g/mol. The fourth-order valence-corrected chi connectivity index (χ4v) is 2.02. The van der Waals surface area contributed by atoms with Gasteiger partial charge in [-0.2, -0.15) is 0 Å². The fourth-order valence-electron chi connectivity index (χ4n) is 2.02. The van der Waals surface area contributed by atoms with Crippen LogP contribution in [0.5, 0.6) is 0 Å². The van der Waals surface area contributed by atoms with Crippen molar-refractivity contribution in [1.82, 2.24) is 0 Å². The number of hydrogen-bond acceptors (Lipinski definition) is 2. The molecular formula is C18H26O2. The standard InChI is InChI=1S/C18H26O2/c1-4-5-6-7-8-9-14-20-18(19)17-12-10-16(11-13-17)15(2)3/h10-13H,2,4-9,14H2,1,3H3. The minimum atomic E-state index is -0.230. The normalized spacial score (nSPS) is 10.3. The molecule has 1 rings (SSSR count). The van der Waals surface area contributed by atoms with Gasteiger partial charge in [0.2, 0.25) is 0 Å². The van der Waals surface area contributed by atoms with Crippen molar-refractivity contribution >= 4 is 11.5 Å². The van der Waals surface area contributed by atoms with Crippen molar-refractivity contribution < 1.29 is 9.53 Å². The van der Waals surface area contributed by atoms with Crippen molar-refractivity contribution in [2.75, 3.05) is 6.61 Å². The summed E-state index contributed by atoms with van der Waals surface area (Å²) < 4.78 is 5.27. The van der Waals surface area contributed by atoms with Crippen LogP contribution in [0.15, 0.2) is 30.8 Å². The predicted octanol–water partition coefficient (Wildman–Crippen LogP) is 5.24. The molecule has 2 heteroatoms. The van der Waals surface area contributed by atoms with Gasteiger partial charge in [0.05, 0.1) is 12.2 Å². The van der Waals surface area contributed by atoms with Crippen LogP contribution in [0.4, 0.5) is 0 Å². The van der Waals surface area contributed by atoms with Crippen LogP contribution in [0.25, 0.3) is 5.57 Å². The Morgan fingerprint density at radius 1 is 1.00 bits per heavy atom. The van der Waals surface area contributed by atoms with E-state index in [4.69, 9.17) is 4.74 Å². The van der Waals surface area contributed by atoms with Crippen LogP contribution in [0.3, 0.4) is 0 Å². The van der Waals surface area contributed by atoms with Crippen molar-refractivity contribution in [2.45, 2.75) is 52.4 Å². The third kappa shape index (κ3) is 6.05. The molecule has 110 valence electrons. The average Bonchev–Trinajstić information content (AvgIpc) is 2.46. The molecule has 0 bridgehead atoms. The van der Waals surface area contributed by atoms with Gasteiger partial charge in [0.25, 0.3) is 0 Å². The second kappa shape index (κ2) is 9.35. The van der Waals surface area contributed by atoms with Gasteiger partial charge in [-0.3, -0.25) is 0 Å². The van der Waals surface area contributed by atoms with Crippen molar-refractivity contribution in [3.8, 4) is 0 Å². The molecule has 0 saturated carbocycles. The van der Waals surface area contributed by atoms with Gasteiger partial charge >= 0.3 is 5.97 Å². The Balaban J connectivity index is 2.24. The smallest absolute Gasteiger partial charge is 0.338 e. The third-order valence-electron chi connectivity index (χ3n) is 3.34. The van der Waals surface area contributed by atoms with Gasteiger partial charge in [-0.15, -0.1) is 0 Å². The first-order valence-electron chi connectivity index (χ1n) is 7.58. The third-order valence-corrected chi connectivity index (χ3v) is 3.34. The Morgan fingerprint density at radius 3 is 2.15 bits per heavy atom. The molecule has 0 radical (unpaired) electrons. The Bertz CT molecular complexity index is 418. The van der Waals surface area contributed by atoms with E-state index in [1.165, 1.54) is 25.7 Å². The van der Waals surface area contributed by atoms with Gasteiger partial charge < -0.3 is 4.74 Å². The summed E-state index contributed by atoms with van der Waals surface area (Å²) in [5, 5.41) is 0. The van der Waals surface area contributed by atoms with E-state index in [9.17, 15) is 4.79 Å². The van der Waals surface area contributed by atoms with Crippen LogP contribution in [0.2, 0.25) is 0 Å². The first-order valence-corrected chi connectivity index (χ1v) is 7.58. The van der Waals surface area contributed by atoms with E-state index in [0.717, 1.165) is 24.0 Å². The topological polar surface area (TPSA) is 26.3 Å². The Morgan fingerprint density at radius 2 is 1.55 bits per heavy atom. The molecule has 0 unspecified atom stereocenters. The highest BCUT2D eigenvalue weighted by molar-refractivity contribution is 5.89. The van der Waals surface area contributed by atoms with E-state index in [1.54, 1.807) is 12.1 Å². The molecule has 0 heterocycles. The lowest BCUT2D eigenvalue weighted by Crippen LogP contribution is -2.06. The Labute approximate surface area is 122 Å². The maximum atomic E-state index is 11.8.